The molecular formula is C17H30O6. The lowest BCUT2D eigenvalue weighted by molar-refractivity contribution is -0.167. The zero-order valence-corrected chi connectivity index (χ0v) is 14.8. The Morgan fingerprint density at radius 1 is 1.43 bits per heavy atom. The maximum Gasteiger partial charge on any atom is 0.311 e. The second-order valence-corrected chi connectivity index (χ2v) is 7.17. The van der Waals surface area contributed by atoms with Crippen LogP contribution in [0.4, 0.5) is 0 Å². The van der Waals surface area contributed by atoms with Gasteiger partial charge in [-0.1, -0.05) is 6.08 Å². The number of hydrogen-bond acceptors (Lipinski definition) is 6. The van der Waals surface area contributed by atoms with Gasteiger partial charge in [0.25, 0.3) is 0 Å². The van der Waals surface area contributed by atoms with Crippen molar-refractivity contribution in [1.29, 1.82) is 0 Å². The van der Waals surface area contributed by atoms with Gasteiger partial charge in [0.05, 0.1) is 25.2 Å². The molecular weight excluding hydrogens is 300 g/mol. The van der Waals surface area contributed by atoms with Gasteiger partial charge in [0.1, 0.15) is 18.3 Å². The van der Waals surface area contributed by atoms with E-state index >= 15 is 0 Å². The average Bonchev–Trinajstić information content (AvgIpc) is 2.80. The maximum atomic E-state index is 11.6. The molecule has 1 rings (SSSR count). The summed E-state index contributed by atoms with van der Waals surface area (Å²) in [4.78, 5) is 11.6. The normalized spacial score (nSPS) is 23.3. The van der Waals surface area contributed by atoms with Gasteiger partial charge in [0.15, 0.2) is 5.79 Å². The van der Waals surface area contributed by atoms with E-state index in [0.29, 0.717) is 19.6 Å². The van der Waals surface area contributed by atoms with Gasteiger partial charge < -0.3 is 24.1 Å². The fourth-order valence-electron chi connectivity index (χ4n) is 2.10. The molecule has 1 fully saturated rings. The number of rotatable bonds is 8. The highest BCUT2D eigenvalue weighted by atomic mass is 16.7. The molecule has 1 N–H and O–H groups in total. The summed E-state index contributed by atoms with van der Waals surface area (Å²) in [6, 6.07) is 0. The average molecular weight is 330 g/mol. The van der Waals surface area contributed by atoms with Crippen LogP contribution in [0.1, 0.15) is 41.0 Å². The topological polar surface area (TPSA) is 74.2 Å². The van der Waals surface area contributed by atoms with Gasteiger partial charge >= 0.3 is 5.97 Å². The molecule has 6 heteroatoms. The number of aliphatic hydroxyl groups is 1. The Bertz CT molecular complexity index is 398. The van der Waals surface area contributed by atoms with E-state index in [2.05, 4.69) is 6.58 Å². The van der Waals surface area contributed by atoms with E-state index in [-0.39, 0.29) is 18.7 Å². The summed E-state index contributed by atoms with van der Waals surface area (Å²) in [7, 11) is 0. The van der Waals surface area contributed by atoms with Crippen molar-refractivity contribution in [2.75, 3.05) is 19.8 Å². The number of carbonyl (C=O) groups is 1. The van der Waals surface area contributed by atoms with Crippen LogP contribution in [0.15, 0.2) is 12.7 Å². The van der Waals surface area contributed by atoms with Gasteiger partial charge in [-0.2, -0.15) is 0 Å². The fraction of sp³-hybridized carbons (Fsp3) is 0.824. The molecule has 6 nitrogen and oxygen atoms in total. The first-order valence-corrected chi connectivity index (χ1v) is 7.98. The Morgan fingerprint density at radius 3 is 2.57 bits per heavy atom. The van der Waals surface area contributed by atoms with Gasteiger partial charge in [0, 0.05) is 6.42 Å². The molecule has 0 aliphatic carbocycles. The van der Waals surface area contributed by atoms with Gasteiger partial charge in [-0.3, -0.25) is 4.79 Å². The molecule has 134 valence electrons. The lowest BCUT2D eigenvalue weighted by atomic mass is 9.97. The maximum absolute atomic E-state index is 11.6. The molecule has 3 atom stereocenters. The largest absolute Gasteiger partial charge is 0.465 e. The lowest BCUT2D eigenvalue weighted by Gasteiger charge is -2.27. The van der Waals surface area contributed by atoms with E-state index in [0.717, 1.165) is 0 Å². The second-order valence-electron chi connectivity index (χ2n) is 7.17. The van der Waals surface area contributed by atoms with Crippen LogP contribution in [-0.2, 0) is 23.7 Å². The Hall–Kier alpha value is -0.950. The Morgan fingerprint density at radius 2 is 2.09 bits per heavy atom. The first-order chi connectivity index (χ1) is 10.6. The van der Waals surface area contributed by atoms with Crippen LogP contribution in [0.2, 0.25) is 0 Å². The molecule has 0 aromatic rings. The monoisotopic (exact) mass is 330 g/mol. The zero-order chi connectivity index (χ0) is 17.7. The van der Waals surface area contributed by atoms with Gasteiger partial charge in [0.2, 0.25) is 0 Å². The first kappa shape index (κ1) is 20.1. The Labute approximate surface area is 138 Å². The van der Waals surface area contributed by atoms with Gasteiger partial charge in [-0.05, 0) is 34.6 Å². The highest BCUT2D eigenvalue weighted by Gasteiger charge is 2.40. The van der Waals surface area contributed by atoms with Gasteiger partial charge in [-0.15, -0.1) is 6.58 Å². The first-order valence-electron chi connectivity index (χ1n) is 7.98. The molecule has 0 saturated carbocycles. The SMILES string of the molecule is C=CC(O)[C@H](OCCCOC(=O)C(C)(C)C)[C@H]1COC(C)(C)O1. The summed E-state index contributed by atoms with van der Waals surface area (Å²) in [6.45, 7) is 13.6. The second kappa shape index (κ2) is 8.24. The molecule has 0 radical (unpaired) electrons. The van der Waals surface area contributed by atoms with E-state index < -0.39 is 23.4 Å². The highest BCUT2D eigenvalue weighted by molar-refractivity contribution is 5.75. The highest BCUT2D eigenvalue weighted by Crippen LogP contribution is 2.27. The van der Waals surface area contributed by atoms with Crippen molar-refractivity contribution in [3.05, 3.63) is 12.7 Å². The van der Waals surface area contributed by atoms with Crippen molar-refractivity contribution in [3.63, 3.8) is 0 Å². The van der Waals surface area contributed by atoms with Crippen LogP contribution >= 0.6 is 0 Å². The molecule has 1 aliphatic heterocycles. The van der Waals surface area contributed by atoms with E-state index in [1.807, 2.05) is 34.6 Å². The minimum atomic E-state index is -0.852. The summed E-state index contributed by atoms with van der Waals surface area (Å²) in [5, 5.41) is 10.0. The molecule has 1 aliphatic rings. The summed E-state index contributed by atoms with van der Waals surface area (Å²) >= 11 is 0. The number of ether oxygens (including phenoxy) is 4. The standard InChI is InChI=1S/C17H30O6/c1-7-12(18)14(13-11-22-17(5,6)23-13)20-9-8-10-21-15(19)16(2,3)4/h7,12-14,18H,1,8-11H2,2-6H3/t12?,13-,14+/m1/s1. The predicted molar refractivity (Wildman–Crippen MR) is 85.9 cm³/mol. The van der Waals surface area contributed by atoms with Crippen molar-refractivity contribution >= 4 is 5.97 Å². The summed E-state index contributed by atoms with van der Waals surface area (Å²) in [5.41, 5.74) is -0.511. The van der Waals surface area contributed by atoms with E-state index in [9.17, 15) is 9.90 Å². The van der Waals surface area contributed by atoms with Crippen LogP contribution in [0, 0.1) is 5.41 Å². The smallest absolute Gasteiger partial charge is 0.311 e. The molecule has 1 saturated heterocycles. The minimum absolute atomic E-state index is 0.241. The zero-order valence-electron chi connectivity index (χ0n) is 14.8. The number of aliphatic hydroxyl groups excluding tert-OH is 1. The van der Waals surface area contributed by atoms with Crippen LogP contribution < -0.4 is 0 Å². The molecule has 1 heterocycles. The number of esters is 1. The van der Waals surface area contributed by atoms with Gasteiger partial charge in [-0.25, -0.2) is 0 Å². The van der Waals surface area contributed by atoms with Crippen molar-refractivity contribution in [2.24, 2.45) is 5.41 Å². The van der Waals surface area contributed by atoms with Crippen LogP contribution in [0.3, 0.4) is 0 Å². The summed E-state index contributed by atoms with van der Waals surface area (Å²) < 4.78 is 22.1. The molecule has 0 spiro atoms. The van der Waals surface area contributed by atoms with Crippen molar-refractivity contribution in [1.82, 2.24) is 0 Å². The van der Waals surface area contributed by atoms with Crippen LogP contribution in [0.5, 0.6) is 0 Å². The predicted octanol–water partition coefficient (Wildman–Crippen LogP) is 2.05. The van der Waals surface area contributed by atoms with Crippen LogP contribution in [0.25, 0.3) is 0 Å². The third kappa shape index (κ3) is 6.59. The number of hydrogen-bond donors (Lipinski definition) is 1. The van der Waals surface area contributed by atoms with E-state index in [1.54, 1.807) is 0 Å². The summed E-state index contributed by atoms with van der Waals surface area (Å²) in [5.74, 6) is -0.926. The van der Waals surface area contributed by atoms with Crippen molar-refractivity contribution < 1.29 is 28.8 Å². The fourth-order valence-corrected chi connectivity index (χ4v) is 2.10. The molecule has 0 aromatic heterocycles. The Balaban J connectivity index is 2.38. The number of carbonyl (C=O) groups excluding carboxylic acids is 1. The van der Waals surface area contributed by atoms with Crippen molar-refractivity contribution in [2.45, 2.75) is 65.1 Å². The lowest BCUT2D eigenvalue weighted by Crippen LogP contribution is -2.41. The van der Waals surface area contributed by atoms with Crippen molar-refractivity contribution in [3.8, 4) is 0 Å². The molecule has 1 unspecified atom stereocenters. The summed E-state index contributed by atoms with van der Waals surface area (Å²) in [6.07, 6.45) is 0.176. The minimum Gasteiger partial charge on any atom is -0.465 e. The van der Waals surface area contributed by atoms with E-state index in [4.69, 9.17) is 18.9 Å². The van der Waals surface area contributed by atoms with Crippen LogP contribution in [-0.4, -0.2) is 55.0 Å². The molecule has 0 aromatic carbocycles. The molecule has 0 amide bonds. The Kier molecular flexibility index (Phi) is 7.20. The van der Waals surface area contributed by atoms with E-state index in [1.165, 1.54) is 6.08 Å². The molecule has 0 bridgehead atoms. The quantitative estimate of drug-likeness (QED) is 0.417. The molecule has 23 heavy (non-hydrogen) atoms. The third-order valence-corrected chi connectivity index (χ3v) is 3.42. The third-order valence-electron chi connectivity index (χ3n) is 3.42.